The molecule has 1 saturated carbocycles. The van der Waals surface area contributed by atoms with Gasteiger partial charge in [-0.3, -0.25) is 4.79 Å². The topological polar surface area (TPSA) is 32.3 Å². The van der Waals surface area contributed by atoms with Gasteiger partial charge in [-0.1, -0.05) is 12.8 Å². The van der Waals surface area contributed by atoms with Gasteiger partial charge in [0, 0.05) is 31.6 Å². The van der Waals surface area contributed by atoms with E-state index in [4.69, 9.17) is 0 Å². The Balaban J connectivity index is 0.00000112. The van der Waals surface area contributed by atoms with Gasteiger partial charge in [-0.15, -0.1) is 12.4 Å². The molecule has 1 atom stereocenters. The minimum absolute atomic E-state index is 0. The summed E-state index contributed by atoms with van der Waals surface area (Å²) in [5.74, 6) is 0.757. The normalized spacial score (nSPS) is 27.5. The van der Waals surface area contributed by atoms with E-state index in [1.807, 2.05) is 0 Å². The number of rotatable bonds is 1. The van der Waals surface area contributed by atoms with Crippen LogP contribution in [0.25, 0.3) is 0 Å². The lowest BCUT2D eigenvalue weighted by atomic mass is 10.0. The fraction of sp³-hybridized carbons (Fsp3) is 0.909. The minimum Gasteiger partial charge on any atom is -0.337 e. The summed E-state index contributed by atoms with van der Waals surface area (Å²) in [4.78, 5) is 14.2. The van der Waals surface area contributed by atoms with E-state index in [-0.39, 0.29) is 12.4 Å². The van der Waals surface area contributed by atoms with Crippen LogP contribution in [0.4, 0.5) is 0 Å². The van der Waals surface area contributed by atoms with Crippen LogP contribution in [0.15, 0.2) is 0 Å². The summed E-state index contributed by atoms with van der Waals surface area (Å²) in [5, 5.41) is 3.32. The third kappa shape index (κ3) is 2.85. The predicted octanol–water partition coefficient (Wildman–Crippen LogP) is 1.42. The van der Waals surface area contributed by atoms with Gasteiger partial charge in [0.05, 0.1) is 0 Å². The number of carbonyl (C=O) groups is 1. The number of piperazine rings is 1. The summed E-state index contributed by atoms with van der Waals surface area (Å²) in [5.41, 5.74) is 0. The molecular weight excluding hydrogens is 212 g/mol. The van der Waals surface area contributed by atoms with Gasteiger partial charge in [0.2, 0.25) is 5.91 Å². The first-order valence-corrected chi connectivity index (χ1v) is 5.80. The average Bonchev–Trinajstić information content (AvgIpc) is 2.70. The summed E-state index contributed by atoms with van der Waals surface area (Å²) in [6.45, 7) is 4.96. The highest BCUT2D eigenvalue weighted by molar-refractivity contribution is 5.85. The van der Waals surface area contributed by atoms with E-state index in [2.05, 4.69) is 17.1 Å². The lowest BCUT2D eigenvalue weighted by molar-refractivity contribution is -0.138. The van der Waals surface area contributed by atoms with E-state index in [1.165, 1.54) is 12.8 Å². The molecule has 0 aromatic carbocycles. The maximum Gasteiger partial charge on any atom is 0.226 e. The van der Waals surface area contributed by atoms with Crippen molar-refractivity contribution in [3.8, 4) is 0 Å². The molecule has 0 bridgehead atoms. The number of hydrogen-bond donors (Lipinski definition) is 1. The van der Waals surface area contributed by atoms with Gasteiger partial charge in [0.15, 0.2) is 0 Å². The Morgan fingerprint density at radius 1 is 1.33 bits per heavy atom. The number of amides is 1. The molecule has 3 nitrogen and oxygen atoms in total. The van der Waals surface area contributed by atoms with E-state index < -0.39 is 0 Å². The number of carbonyl (C=O) groups excluding carboxylic acids is 1. The van der Waals surface area contributed by atoms with Crippen molar-refractivity contribution >= 4 is 18.3 Å². The van der Waals surface area contributed by atoms with Gasteiger partial charge in [-0.25, -0.2) is 0 Å². The first-order valence-electron chi connectivity index (χ1n) is 5.80. The third-order valence-electron chi connectivity index (χ3n) is 3.49. The Kier molecular flexibility index (Phi) is 4.87. The van der Waals surface area contributed by atoms with Crippen molar-refractivity contribution in [2.24, 2.45) is 5.92 Å². The zero-order valence-electron chi connectivity index (χ0n) is 9.37. The number of nitrogens with zero attached hydrogens (tertiary/aromatic N) is 1. The van der Waals surface area contributed by atoms with Crippen LogP contribution in [0.5, 0.6) is 0 Å². The van der Waals surface area contributed by atoms with Crippen LogP contribution < -0.4 is 5.32 Å². The molecule has 2 fully saturated rings. The molecule has 2 aliphatic rings. The van der Waals surface area contributed by atoms with Gasteiger partial charge in [0.25, 0.3) is 0 Å². The molecule has 0 radical (unpaired) electrons. The summed E-state index contributed by atoms with van der Waals surface area (Å²) in [6, 6.07) is 0.386. The van der Waals surface area contributed by atoms with Crippen molar-refractivity contribution in [1.82, 2.24) is 10.2 Å². The van der Waals surface area contributed by atoms with E-state index in [9.17, 15) is 4.79 Å². The highest BCUT2D eigenvalue weighted by Gasteiger charge is 2.30. The third-order valence-corrected chi connectivity index (χ3v) is 3.49. The summed E-state index contributed by atoms with van der Waals surface area (Å²) in [7, 11) is 0. The second-order valence-electron chi connectivity index (χ2n) is 4.57. The lowest BCUT2D eigenvalue weighted by Gasteiger charge is -2.35. The van der Waals surface area contributed by atoms with Crippen LogP contribution in [0.1, 0.15) is 32.6 Å². The van der Waals surface area contributed by atoms with Crippen molar-refractivity contribution in [3.63, 3.8) is 0 Å². The highest BCUT2D eigenvalue weighted by atomic mass is 35.5. The van der Waals surface area contributed by atoms with Gasteiger partial charge in [0.1, 0.15) is 0 Å². The number of hydrogen-bond acceptors (Lipinski definition) is 2. The Bertz CT molecular complexity index is 217. The predicted molar refractivity (Wildman–Crippen MR) is 63.3 cm³/mol. The molecule has 0 spiro atoms. The molecule has 2 rings (SSSR count). The van der Waals surface area contributed by atoms with Gasteiger partial charge in [-0.2, -0.15) is 0 Å². The Morgan fingerprint density at radius 2 is 2.00 bits per heavy atom. The molecule has 1 aliphatic heterocycles. The SMILES string of the molecule is C[C@H]1CNCCN1C(=O)C1CCCC1.Cl. The smallest absolute Gasteiger partial charge is 0.226 e. The molecule has 0 unspecified atom stereocenters. The first-order chi connectivity index (χ1) is 6.79. The molecule has 4 heteroatoms. The largest absolute Gasteiger partial charge is 0.337 e. The van der Waals surface area contributed by atoms with E-state index in [0.717, 1.165) is 32.5 Å². The quantitative estimate of drug-likeness (QED) is 0.742. The maximum absolute atomic E-state index is 12.1. The molecular formula is C11H21ClN2O. The number of nitrogens with one attached hydrogen (secondary N) is 1. The fourth-order valence-corrected chi connectivity index (χ4v) is 2.58. The fourth-order valence-electron chi connectivity index (χ4n) is 2.58. The lowest BCUT2D eigenvalue weighted by Crippen LogP contribution is -2.53. The van der Waals surface area contributed by atoms with Crippen molar-refractivity contribution < 1.29 is 4.79 Å². The van der Waals surface area contributed by atoms with Crippen molar-refractivity contribution in [3.05, 3.63) is 0 Å². The average molecular weight is 233 g/mol. The van der Waals surface area contributed by atoms with Crippen LogP contribution in [0.2, 0.25) is 0 Å². The molecule has 1 N–H and O–H groups in total. The first kappa shape index (κ1) is 12.8. The monoisotopic (exact) mass is 232 g/mol. The Labute approximate surface area is 98.0 Å². The van der Waals surface area contributed by atoms with Gasteiger partial charge in [-0.05, 0) is 19.8 Å². The molecule has 1 heterocycles. The molecule has 1 amide bonds. The minimum atomic E-state index is 0. The Hall–Kier alpha value is -0.280. The van der Waals surface area contributed by atoms with Crippen molar-refractivity contribution in [2.75, 3.05) is 19.6 Å². The van der Waals surface area contributed by atoms with Gasteiger partial charge < -0.3 is 10.2 Å². The molecule has 1 aliphatic carbocycles. The van der Waals surface area contributed by atoms with Crippen LogP contribution in [0.3, 0.4) is 0 Å². The molecule has 0 aromatic rings. The van der Waals surface area contributed by atoms with E-state index >= 15 is 0 Å². The number of halogens is 1. The molecule has 15 heavy (non-hydrogen) atoms. The molecule has 88 valence electrons. The summed E-state index contributed by atoms with van der Waals surface area (Å²) < 4.78 is 0. The van der Waals surface area contributed by atoms with Crippen molar-refractivity contribution in [1.29, 1.82) is 0 Å². The zero-order valence-corrected chi connectivity index (χ0v) is 10.2. The van der Waals surface area contributed by atoms with Crippen LogP contribution in [-0.4, -0.2) is 36.5 Å². The maximum atomic E-state index is 12.1. The van der Waals surface area contributed by atoms with Crippen LogP contribution in [0, 0.1) is 5.92 Å². The van der Waals surface area contributed by atoms with E-state index in [1.54, 1.807) is 0 Å². The van der Waals surface area contributed by atoms with Crippen molar-refractivity contribution in [2.45, 2.75) is 38.6 Å². The molecule has 0 aromatic heterocycles. The highest BCUT2D eigenvalue weighted by Crippen LogP contribution is 2.27. The second-order valence-corrected chi connectivity index (χ2v) is 4.57. The zero-order chi connectivity index (χ0) is 9.97. The Morgan fingerprint density at radius 3 is 2.60 bits per heavy atom. The van der Waals surface area contributed by atoms with Gasteiger partial charge >= 0.3 is 0 Å². The summed E-state index contributed by atoms with van der Waals surface area (Å²) >= 11 is 0. The van der Waals surface area contributed by atoms with Crippen LogP contribution in [-0.2, 0) is 4.79 Å². The second kappa shape index (κ2) is 5.71. The van der Waals surface area contributed by atoms with E-state index in [0.29, 0.717) is 17.9 Å². The van der Waals surface area contributed by atoms with Crippen LogP contribution >= 0.6 is 12.4 Å². The standard InChI is InChI=1S/C11H20N2O.ClH/c1-9-8-12-6-7-13(9)11(14)10-4-2-3-5-10;/h9-10,12H,2-8H2,1H3;1H/t9-;/m0./s1. The summed E-state index contributed by atoms with van der Waals surface area (Å²) in [6.07, 6.45) is 4.73. The molecule has 1 saturated heterocycles.